The number of carbonyl (C=O) groups excluding carboxylic acids is 1. The molecule has 0 saturated carbocycles. The number of nitrogens with zero attached hydrogens (tertiary/aromatic N) is 2. The maximum absolute atomic E-state index is 12.6. The zero-order valence-electron chi connectivity index (χ0n) is 24.2. The lowest BCUT2D eigenvalue weighted by Crippen LogP contribution is -2.07. The Balaban J connectivity index is 1.28. The van der Waals surface area contributed by atoms with Crippen molar-refractivity contribution < 1.29 is 14.3 Å². The summed E-state index contributed by atoms with van der Waals surface area (Å²) in [7, 11) is 0. The van der Waals surface area contributed by atoms with Crippen molar-refractivity contribution in [3.05, 3.63) is 102 Å². The number of unbranched alkanes of at least 4 members (excludes halogenated alkanes) is 1. The highest BCUT2D eigenvalue weighted by molar-refractivity contribution is 7.98. The van der Waals surface area contributed by atoms with Crippen LogP contribution >= 0.6 is 23.4 Å². The van der Waals surface area contributed by atoms with E-state index in [1.54, 1.807) is 17.8 Å². The van der Waals surface area contributed by atoms with E-state index in [2.05, 4.69) is 28.7 Å². The molecule has 0 saturated heterocycles. The lowest BCUT2D eigenvalue weighted by Gasteiger charge is -2.09. The number of carbonyl (C=O) groups is 1. The third-order valence-electron chi connectivity index (χ3n) is 6.51. The Kier molecular flexibility index (Phi) is 12.6. The van der Waals surface area contributed by atoms with E-state index in [0.29, 0.717) is 18.2 Å². The Bertz CT molecular complexity index is 1440. The van der Waals surface area contributed by atoms with Gasteiger partial charge in [0.2, 0.25) is 5.91 Å². The summed E-state index contributed by atoms with van der Waals surface area (Å²) in [5, 5.41) is 3.50. The Morgan fingerprint density at radius 3 is 2.52 bits per heavy atom. The third-order valence-corrected chi connectivity index (χ3v) is 7.90. The molecule has 0 radical (unpaired) electrons. The topological polar surface area (TPSA) is 65.4 Å². The Hall–Kier alpha value is -3.52. The fraction of sp³-hybridized carbons (Fsp3) is 0.294. The van der Waals surface area contributed by atoms with Crippen LogP contribution in [0.25, 0.3) is 17.2 Å². The number of imidazole rings is 1. The molecule has 0 atom stereocenters. The molecular formula is C34H38ClN3O3S. The van der Waals surface area contributed by atoms with Crippen LogP contribution in [0, 0.1) is 0 Å². The number of aryl methyl sites for hydroxylation is 1. The van der Waals surface area contributed by atoms with Crippen LogP contribution in [0.2, 0.25) is 5.02 Å². The van der Waals surface area contributed by atoms with Gasteiger partial charge in [-0.3, -0.25) is 4.79 Å². The van der Waals surface area contributed by atoms with Crippen molar-refractivity contribution in [3.63, 3.8) is 0 Å². The van der Waals surface area contributed by atoms with Crippen LogP contribution in [-0.4, -0.2) is 35.3 Å². The first kappa shape index (κ1) is 31.4. The predicted octanol–water partition coefficient (Wildman–Crippen LogP) is 8.75. The highest BCUT2D eigenvalue weighted by Gasteiger charge is 2.06. The van der Waals surface area contributed by atoms with Crippen LogP contribution < -0.4 is 10.1 Å². The molecule has 1 aromatic heterocycles. The average Bonchev–Trinajstić information content (AvgIpc) is 3.45. The summed E-state index contributed by atoms with van der Waals surface area (Å²) in [4.78, 5) is 18.0. The second-order valence-electron chi connectivity index (χ2n) is 9.79. The number of amides is 1. The van der Waals surface area contributed by atoms with Crippen molar-refractivity contribution in [2.24, 2.45) is 0 Å². The van der Waals surface area contributed by atoms with Gasteiger partial charge in [0, 0.05) is 52.5 Å². The fourth-order valence-corrected chi connectivity index (χ4v) is 5.28. The van der Waals surface area contributed by atoms with Gasteiger partial charge in [-0.1, -0.05) is 50.1 Å². The summed E-state index contributed by atoms with van der Waals surface area (Å²) < 4.78 is 13.5. The lowest BCUT2D eigenvalue weighted by atomic mass is 10.0. The molecule has 0 aliphatic heterocycles. The van der Waals surface area contributed by atoms with Gasteiger partial charge >= 0.3 is 0 Å². The molecule has 0 aliphatic carbocycles. The van der Waals surface area contributed by atoms with Gasteiger partial charge in [-0.05, 0) is 84.1 Å². The quantitative estimate of drug-likeness (QED) is 0.0788. The zero-order chi connectivity index (χ0) is 29.6. The molecule has 42 heavy (non-hydrogen) atoms. The summed E-state index contributed by atoms with van der Waals surface area (Å²) in [6.45, 7) is 7.16. The first-order chi connectivity index (χ1) is 20.6. The normalized spacial score (nSPS) is 11.2. The Morgan fingerprint density at radius 2 is 1.76 bits per heavy atom. The van der Waals surface area contributed by atoms with Crippen LogP contribution in [0.3, 0.4) is 0 Å². The molecule has 0 aliphatic rings. The summed E-state index contributed by atoms with van der Waals surface area (Å²) in [5.74, 6) is 1.43. The van der Waals surface area contributed by atoms with E-state index >= 15 is 0 Å². The number of hydrogen-bond donors (Lipinski definition) is 1. The Morgan fingerprint density at radius 1 is 0.976 bits per heavy atom. The van der Waals surface area contributed by atoms with E-state index in [-0.39, 0.29) is 5.91 Å². The van der Waals surface area contributed by atoms with Gasteiger partial charge in [-0.2, -0.15) is 0 Å². The summed E-state index contributed by atoms with van der Waals surface area (Å²) in [6, 6.07) is 21.6. The molecule has 6 nitrogen and oxygen atoms in total. The number of hydrogen-bond acceptors (Lipinski definition) is 5. The van der Waals surface area contributed by atoms with E-state index in [4.69, 9.17) is 21.1 Å². The molecule has 1 N–H and O–H groups in total. The molecule has 4 aromatic rings. The number of anilines is 1. The first-order valence-electron chi connectivity index (χ1n) is 14.4. The minimum atomic E-state index is -0.222. The van der Waals surface area contributed by atoms with Crippen LogP contribution in [0.15, 0.2) is 90.2 Å². The van der Waals surface area contributed by atoms with Crippen molar-refractivity contribution >= 4 is 41.0 Å². The van der Waals surface area contributed by atoms with Crippen molar-refractivity contribution in [2.75, 3.05) is 25.1 Å². The van der Waals surface area contributed by atoms with Crippen LogP contribution in [0.5, 0.6) is 5.75 Å². The number of halogens is 1. The summed E-state index contributed by atoms with van der Waals surface area (Å²) in [6.07, 6.45) is 10.3. The Labute approximate surface area is 258 Å². The number of ether oxygens (including phenoxy) is 2. The third kappa shape index (κ3) is 9.79. The van der Waals surface area contributed by atoms with Gasteiger partial charge in [0.05, 0.1) is 12.9 Å². The number of benzene rings is 3. The highest BCUT2D eigenvalue weighted by atomic mass is 35.5. The van der Waals surface area contributed by atoms with Gasteiger partial charge in [0.15, 0.2) is 0 Å². The standard InChI is InChI=1S/C34H38ClN3O3S/c1-3-5-19-40-20-21-41-31-12-6-26(7-13-31)27-8-16-33(35)28(22-27)9-17-34(39)37-29-10-14-32(15-11-29)42-24-30-23-36-25-38(30)18-4-2/h6-17,22-23,25H,3-5,18-21,24H2,1-2H3,(H,37,39)/b17-9+. The molecule has 0 unspecified atom stereocenters. The highest BCUT2D eigenvalue weighted by Crippen LogP contribution is 2.28. The first-order valence-corrected chi connectivity index (χ1v) is 15.7. The molecule has 0 spiro atoms. The molecule has 8 heteroatoms. The maximum atomic E-state index is 12.6. The van der Waals surface area contributed by atoms with Crippen molar-refractivity contribution in [1.82, 2.24) is 9.55 Å². The number of aromatic nitrogens is 2. The lowest BCUT2D eigenvalue weighted by molar-refractivity contribution is -0.111. The number of rotatable bonds is 16. The van der Waals surface area contributed by atoms with Gasteiger partial charge in [-0.15, -0.1) is 11.8 Å². The zero-order valence-corrected chi connectivity index (χ0v) is 25.8. The molecule has 0 bridgehead atoms. The molecule has 0 fully saturated rings. The molecule has 4 rings (SSSR count). The predicted molar refractivity (Wildman–Crippen MR) is 174 cm³/mol. The van der Waals surface area contributed by atoms with Gasteiger partial charge in [-0.25, -0.2) is 4.98 Å². The average molecular weight is 604 g/mol. The molecule has 1 heterocycles. The second kappa shape index (κ2) is 16.8. The van der Waals surface area contributed by atoms with Gasteiger partial charge < -0.3 is 19.4 Å². The number of nitrogens with one attached hydrogen (secondary N) is 1. The molecule has 220 valence electrons. The minimum Gasteiger partial charge on any atom is -0.491 e. The van der Waals surface area contributed by atoms with Crippen molar-refractivity contribution in [2.45, 2.75) is 50.3 Å². The van der Waals surface area contributed by atoms with E-state index in [0.717, 1.165) is 71.2 Å². The van der Waals surface area contributed by atoms with E-state index < -0.39 is 0 Å². The maximum Gasteiger partial charge on any atom is 0.248 e. The SMILES string of the molecule is CCCCOCCOc1ccc(-c2ccc(Cl)c(/C=C/C(=O)Nc3ccc(SCc4cncn4CCC)cc3)c2)cc1. The smallest absolute Gasteiger partial charge is 0.248 e. The summed E-state index contributed by atoms with van der Waals surface area (Å²) in [5.41, 5.74) is 4.74. The van der Waals surface area contributed by atoms with E-state index in [9.17, 15) is 4.79 Å². The van der Waals surface area contributed by atoms with Crippen LogP contribution in [-0.2, 0) is 21.8 Å². The van der Waals surface area contributed by atoms with Crippen LogP contribution in [0.4, 0.5) is 5.69 Å². The second-order valence-corrected chi connectivity index (χ2v) is 11.2. The van der Waals surface area contributed by atoms with Crippen molar-refractivity contribution in [3.8, 4) is 16.9 Å². The largest absolute Gasteiger partial charge is 0.491 e. The van der Waals surface area contributed by atoms with E-state index in [1.165, 1.54) is 11.8 Å². The van der Waals surface area contributed by atoms with Crippen molar-refractivity contribution in [1.29, 1.82) is 0 Å². The van der Waals surface area contributed by atoms with Gasteiger partial charge in [0.1, 0.15) is 12.4 Å². The molecular weight excluding hydrogens is 566 g/mol. The minimum absolute atomic E-state index is 0.222. The number of thioether (sulfide) groups is 1. The summed E-state index contributed by atoms with van der Waals surface area (Å²) >= 11 is 8.19. The molecule has 3 aromatic carbocycles. The fourth-order valence-electron chi connectivity index (χ4n) is 4.21. The van der Waals surface area contributed by atoms with E-state index in [1.807, 2.05) is 79.3 Å². The van der Waals surface area contributed by atoms with Gasteiger partial charge in [0.25, 0.3) is 0 Å². The molecule has 1 amide bonds. The van der Waals surface area contributed by atoms with Crippen LogP contribution in [0.1, 0.15) is 44.4 Å². The monoisotopic (exact) mass is 603 g/mol.